The second-order valence-corrected chi connectivity index (χ2v) is 10.9. The first kappa shape index (κ1) is 30.3. The summed E-state index contributed by atoms with van der Waals surface area (Å²) in [5.74, 6) is 0. The van der Waals surface area contributed by atoms with Crippen LogP contribution < -0.4 is 16.5 Å². The largest absolute Gasteiger partial charge is 0.398 e. The molecule has 0 spiro atoms. The summed E-state index contributed by atoms with van der Waals surface area (Å²) in [6, 6.07) is 37.4. The minimum atomic E-state index is -4.00. The van der Waals surface area contributed by atoms with Gasteiger partial charge < -0.3 is 16.2 Å². The number of nitrogens with two attached hydrogens (primary N) is 1. The first-order chi connectivity index (χ1) is 19.3. The third-order valence-corrected chi connectivity index (χ3v) is 7.72. The zero-order chi connectivity index (χ0) is 28.2. The van der Waals surface area contributed by atoms with Crippen LogP contribution in [0.5, 0.6) is 0 Å². The number of para-hydroxylation sites is 1. The summed E-state index contributed by atoms with van der Waals surface area (Å²) in [5, 5.41) is 15.7. The summed E-state index contributed by atoms with van der Waals surface area (Å²) >= 11 is 0. The van der Waals surface area contributed by atoms with Crippen LogP contribution in [-0.2, 0) is 20.0 Å². The topological polar surface area (TPSA) is 114 Å². The maximum atomic E-state index is 12.5. The Kier molecular flexibility index (Phi) is 9.55. The molecule has 0 aromatic heterocycles. The number of anilines is 4. The van der Waals surface area contributed by atoms with Gasteiger partial charge in [-0.2, -0.15) is 8.42 Å². The maximum Gasteiger partial charge on any atom is 0.317 e. The predicted molar refractivity (Wildman–Crippen MR) is 164 cm³/mol. The molecule has 5 rings (SSSR count). The second-order valence-electron chi connectivity index (χ2n) is 9.40. The van der Waals surface area contributed by atoms with Crippen molar-refractivity contribution in [3.8, 4) is 0 Å². The monoisotopic (exact) mass is 574 g/mol. The summed E-state index contributed by atoms with van der Waals surface area (Å²) in [4.78, 5) is 0.0358. The van der Waals surface area contributed by atoms with Crippen molar-refractivity contribution in [1.82, 2.24) is 0 Å². The molecule has 0 saturated carbocycles. The van der Waals surface area contributed by atoms with E-state index in [0.29, 0.717) is 28.1 Å². The molecule has 0 bridgehead atoms. The van der Waals surface area contributed by atoms with Crippen LogP contribution in [0.4, 0.5) is 22.7 Å². The molecule has 0 heterocycles. The van der Waals surface area contributed by atoms with Gasteiger partial charge in [-0.15, -0.1) is 4.28 Å². The van der Waals surface area contributed by atoms with Crippen LogP contribution in [0.3, 0.4) is 0 Å². The predicted octanol–water partition coefficient (Wildman–Crippen LogP) is 5.96. The maximum absolute atomic E-state index is 12.5. The van der Waals surface area contributed by atoms with E-state index < -0.39 is 15.7 Å². The summed E-state index contributed by atoms with van der Waals surface area (Å²) in [6.45, 7) is 1.94. The molecule has 1 radical (unpaired) electrons. The molecule has 0 saturated heterocycles. The van der Waals surface area contributed by atoms with Gasteiger partial charge in [-0.1, -0.05) is 78.4 Å². The minimum Gasteiger partial charge on any atom is -0.398 e. The van der Waals surface area contributed by atoms with Gasteiger partial charge >= 0.3 is 10.1 Å². The van der Waals surface area contributed by atoms with Gasteiger partial charge in [-0.05, 0) is 72.6 Å². The third kappa shape index (κ3) is 6.82. The molecule has 1 atom stereocenters. The Labute approximate surface area is 262 Å². The molecule has 0 fully saturated rings. The zero-order valence-electron chi connectivity index (χ0n) is 22.8. The van der Waals surface area contributed by atoms with E-state index in [-0.39, 0.29) is 34.5 Å². The molecule has 41 heavy (non-hydrogen) atoms. The van der Waals surface area contributed by atoms with Gasteiger partial charge in [-0.25, -0.2) is 5.48 Å². The fraction of sp³-hybridized carbons (Fsp3) is 0.0625. The summed E-state index contributed by atoms with van der Waals surface area (Å²) in [7, 11) is -4.00. The Morgan fingerprint density at radius 3 is 1.80 bits per heavy atom. The molecule has 7 nitrogen and oxygen atoms in total. The molecule has 0 aliphatic carbocycles. The number of hydrogen-bond acceptors (Lipinski definition) is 7. The first-order valence-electron chi connectivity index (χ1n) is 12.6. The summed E-state index contributed by atoms with van der Waals surface area (Å²) in [6.07, 6.45) is 0. The number of aryl methyl sites for hydroxylation is 1. The van der Waals surface area contributed by atoms with Crippen molar-refractivity contribution in [2.45, 2.75) is 17.4 Å². The second kappa shape index (κ2) is 12.9. The molecule has 5 N–H and O–H groups in total. The fourth-order valence-corrected chi connectivity index (χ4v) is 5.25. The summed E-state index contributed by atoms with van der Waals surface area (Å²) < 4.78 is 30.0. The van der Waals surface area contributed by atoms with E-state index in [4.69, 9.17) is 10.0 Å². The number of aliphatic hydroxyl groups is 1. The van der Waals surface area contributed by atoms with Gasteiger partial charge in [0, 0.05) is 52.2 Å². The van der Waals surface area contributed by atoms with E-state index >= 15 is 0 Å². The van der Waals surface area contributed by atoms with Crippen LogP contribution in [0, 0.1) is 6.92 Å². The van der Waals surface area contributed by atoms with Crippen LogP contribution >= 0.6 is 0 Å². The molecule has 5 aromatic rings. The van der Waals surface area contributed by atoms with E-state index in [9.17, 15) is 13.5 Å². The molecule has 203 valence electrons. The zero-order valence-corrected chi connectivity index (χ0v) is 25.6. The summed E-state index contributed by atoms with van der Waals surface area (Å²) in [5.41, 5.74) is 12.6. The van der Waals surface area contributed by atoms with Gasteiger partial charge in [0.25, 0.3) is 0 Å². The van der Waals surface area contributed by atoms with Crippen LogP contribution in [0.25, 0.3) is 0 Å². The van der Waals surface area contributed by atoms with Crippen molar-refractivity contribution in [3.63, 3.8) is 0 Å². The van der Waals surface area contributed by atoms with Gasteiger partial charge in [0.2, 0.25) is 0 Å². The van der Waals surface area contributed by atoms with Gasteiger partial charge in [0.05, 0.1) is 10.6 Å². The molecule has 9 heteroatoms. The van der Waals surface area contributed by atoms with E-state index in [1.54, 1.807) is 48.5 Å². The Bertz CT molecular complexity index is 1700. The van der Waals surface area contributed by atoms with Gasteiger partial charge in [0.1, 0.15) is 5.60 Å². The van der Waals surface area contributed by atoms with Crippen molar-refractivity contribution in [1.29, 1.82) is 0 Å². The van der Waals surface area contributed by atoms with Crippen molar-refractivity contribution in [2.24, 2.45) is 0 Å². The molecule has 0 amide bonds. The molecular formula is C32H29N3NaO4S. The van der Waals surface area contributed by atoms with Crippen LogP contribution in [0.1, 0.15) is 22.3 Å². The smallest absolute Gasteiger partial charge is 0.317 e. The average molecular weight is 575 g/mol. The Morgan fingerprint density at radius 1 is 0.707 bits per heavy atom. The minimum absolute atomic E-state index is 0. The Balaban J connectivity index is 0.00000387. The molecule has 0 aliphatic heterocycles. The first-order valence-corrected chi connectivity index (χ1v) is 14.0. The number of hydrogen-bond donors (Lipinski definition) is 4. The SMILES string of the molecule is Cc1ccc(N)c(C(O)(c2ccc(NOS(=O)(=O)c3ccccc3)cc2)c2ccc(Nc3ccccc3)cc2)c1.[Na]. The number of nitrogen functional groups attached to an aromatic ring is 1. The fourth-order valence-electron chi connectivity index (χ4n) is 4.46. The van der Waals surface area contributed by atoms with Gasteiger partial charge in [-0.3, -0.25) is 0 Å². The third-order valence-electron chi connectivity index (χ3n) is 6.57. The van der Waals surface area contributed by atoms with Gasteiger partial charge in [0.15, 0.2) is 0 Å². The molecule has 1 unspecified atom stereocenters. The molecular weight excluding hydrogens is 545 g/mol. The van der Waals surface area contributed by atoms with Crippen LogP contribution in [0.2, 0.25) is 0 Å². The number of benzene rings is 5. The van der Waals surface area contributed by atoms with Crippen molar-refractivity contribution < 1.29 is 17.8 Å². The number of nitrogens with one attached hydrogen (secondary N) is 2. The molecule has 0 aliphatic rings. The van der Waals surface area contributed by atoms with E-state index in [0.717, 1.165) is 16.9 Å². The number of rotatable bonds is 9. The van der Waals surface area contributed by atoms with E-state index in [1.807, 2.05) is 73.7 Å². The normalized spacial score (nSPS) is 12.5. The Hall–Kier alpha value is -3.63. The standard InChI is InChI=1S/C32H29N3O4S.Na/c1-23-12-21-31(33)30(22-23)32(36,24-13-17-27(18-14-24)34-26-8-4-2-5-9-26)25-15-19-28(20-16-25)35-39-40(37,38)29-10-6-3-7-11-29;/h2-22,34-36H,33H2,1H3;. The quantitative estimate of drug-likeness (QED) is 0.0744. The van der Waals surface area contributed by atoms with Crippen molar-refractivity contribution in [3.05, 3.63) is 150 Å². The average Bonchev–Trinajstić information content (AvgIpc) is 2.98. The molecule has 5 aromatic carbocycles. The van der Waals surface area contributed by atoms with Crippen LogP contribution in [-0.4, -0.2) is 43.1 Å². The van der Waals surface area contributed by atoms with Crippen molar-refractivity contribution in [2.75, 3.05) is 16.5 Å². The van der Waals surface area contributed by atoms with E-state index in [2.05, 4.69) is 10.8 Å². The van der Waals surface area contributed by atoms with Crippen molar-refractivity contribution >= 4 is 62.4 Å². The van der Waals surface area contributed by atoms with E-state index in [1.165, 1.54) is 12.1 Å². The van der Waals surface area contributed by atoms with Crippen LogP contribution in [0.15, 0.2) is 132 Å². The Morgan fingerprint density at radius 2 is 1.22 bits per heavy atom.